The van der Waals surface area contributed by atoms with E-state index in [4.69, 9.17) is 0 Å². The van der Waals surface area contributed by atoms with Crippen LogP contribution in [0.4, 0.5) is 13.2 Å². The third-order valence-electron chi connectivity index (χ3n) is 3.04. The van der Waals surface area contributed by atoms with Crippen molar-refractivity contribution in [3.05, 3.63) is 53.6 Å². The van der Waals surface area contributed by atoms with Crippen molar-refractivity contribution < 1.29 is 23.1 Å². The number of hydrogen-bond donors (Lipinski definition) is 2. The fraction of sp³-hybridized carbons (Fsp3) is 0.188. The number of aromatic hydroxyl groups is 1. The average molecular weight is 309 g/mol. The summed E-state index contributed by atoms with van der Waals surface area (Å²) in [6, 6.07) is 9.05. The summed E-state index contributed by atoms with van der Waals surface area (Å²) in [6.07, 6.45) is -4.55. The first kappa shape index (κ1) is 15.9. The molecule has 2 N–H and O–H groups in total. The van der Waals surface area contributed by atoms with Crippen molar-refractivity contribution in [3.8, 4) is 16.9 Å². The predicted octanol–water partition coefficient (Wildman–Crippen LogP) is 3.83. The molecule has 0 aliphatic rings. The number of carbonyl (C=O) groups is 1. The molecule has 0 radical (unpaired) electrons. The zero-order chi connectivity index (χ0) is 16.3. The minimum absolute atomic E-state index is 0.193. The highest BCUT2D eigenvalue weighted by Crippen LogP contribution is 2.35. The van der Waals surface area contributed by atoms with Crippen LogP contribution in [0.15, 0.2) is 42.5 Å². The molecule has 0 aliphatic heterocycles. The van der Waals surface area contributed by atoms with Gasteiger partial charge in [0.15, 0.2) is 0 Å². The van der Waals surface area contributed by atoms with E-state index in [1.807, 2.05) is 0 Å². The van der Waals surface area contributed by atoms with Gasteiger partial charge in [0, 0.05) is 12.1 Å². The maximum Gasteiger partial charge on any atom is 0.416 e. The van der Waals surface area contributed by atoms with Gasteiger partial charge in [-0.15, -0.1) is 0 Å². The Balaban J connectivity index is 2.46. The first-order valence-electron chi connectivity index (χ1n) is 6.61. The topological polar surface area (TPSA) is 49.3 Å². The lowest BCUT2D eigenvalue weighted by Crippen LogP contribution is -2.22. The zero-order valence-electron chi connectivity index (χ0n) is 11.7. The van der Waals surface area contributed by atoms with Gasteiger partial charge in [-0.05, 0) is 48.4 Å². The minimum Gasteiger partial charge on any atom is -0.508 e. The van der Waals surface area contributed by atoms with Crippen molar-refractivity contribution in [2.75, 3.05) is 6.54 Å². The number of halogens is 3. The van der Waals surface area contributed by atoms with E-state index in [2.05, 4.69) is 5.32 Å². The quantitative estimate of drug-likeness (QED) is 0.905. The van der Waals surface area contributed by atoms with E-state index in [1.165, 1.54) is 12.1 Å². The number of carbonyl (C=O) groups excluding carboxylic acids is 1. The van der Waals surface area contributed by atoms with Crippen molar-refractivity contribution in [2.45, 2.75) is 13.1 Å². The number of benzene rings is 2. The maximum atomic E-state index is 12.8. The second-order valence-electron chi connectivity index (χ2n) is 4.71. The minimum atomic E-state index is -4.55. The summed E-state index contributed by atoms with van der Waals surface area (Å²) in [4.78, 5) is 11.8. The summed E-state index contributed by atoms with van der Waals surface area (Å²) < 4.78 is 38.4. The van der Waals surface area contributed by atoms with E-state index in [-0.39, 0.29) is 11.5 Å². The molecule has 0 unspecified atom stereocenters. The Labute approximate surface area is 125 Å². The SMILES string of the molecule is CCNC(=O)c1cccc(-c2cc(O)cc(C(F)(F)F)c2)c1. The molecule has 0 saturated carbocycles. The van der Waals surface area contributed by atoms with E-state index >= 15 is 0 Å². The van der Waals surface area contributed by atoms with E-state index in [1.54, 1.807) is 25.1 Å². The summed E-state index contributed by atoms with van der Waals surface area (Å²) >= 11 is 0. The summed E-state index contributed by atoms with van der Waals surface area (Å²) in [5.74, 6) is -0.784. The van der Waals surface area contributed by atoms with Crippen molar-refractivity contribution in [3.63, 3.8) is 0 Å². The number of alkyl halides is 3. The number of phenols is 1. The van der Waals surface area contributed by atoms with Crippen LogP contribution in [-0.2, 0) is 6.18 Å². The van der Waals surface area contributed by atoms with Gasteiger partial charge in [0.25, 0.3) is 5.91 Å². The molecule has 0 heterocycles. The molecule has 2 aromatic rings. The number of phenolic OH excluding ortho intramolecular Hbond substituents is 1. The number of amides is 1. The molecule has 0 atom stereocenters. The number of nitrogens with one attached hydrogen (secondary N) is 1. The first-order chi connectivity index (χ1) is 10.3. The van der Waals surface area contributed by atoms with E-state index < -0.39 is 17.5 Å². The van der Waals surface area contributed by atoms with Crippen LogP contribution in [-0.4, -0.2) is 17.6 Å². The fourth-order valence-electron chi connectivity index (χ4n) is 2.04. The molecule has 0 saturated heterocycles. The van der Waals surface area contributed by atoms with Crippen LogP contribution in [0.3, 0.4) is 0 Å². The molecular weight excluding hydrogens is 295 g/mol. The van der Waals surface area contributed by atoms with E-state index in [0.717, 1.165) is 6.07 Å². The van der Waals surface area contributed by atoms with Gasteiger partial charge < -0.3 is 10.4 Å². The highest BCUT2D eigenvalue weighted by atomic mass is 19.4. The first-order valence-corrected chi connectivity index (χ1v) is 6.61. The molecule has 3 nitrogen and oxygen atoms in total. The van der Waals surface area contributed by atoms with Crippen molar-refractivity contribution in [1.82, 2.24) is 5.32 Å². The molecule has 0 aliphatic carbocycles. The molecule has 2 aromatic carbocycles. The predicted molar refractivity (Wildman–Crippen MR) is 76.6 cm³/mol. The molecule has 2 rings (SSSR count). The van der Waals surface area contributed by atoms with Gasteiger partial charge in [0.1, 0.15) is 5.75 Å². The van der Waals surface area contributed by atoms with Crippen LogP contribution < -0.4 is 5.32 Å². The second kappa shape index (κ2) is 6.09. The summed E-state index contributed by atoms with van der Waals surface area (Å²) in [5.41, 5.74) is 0.0193. The normalized spacial score (nSPS) is 11.3. The van der Waals surface area contributed by atoms with Crippen molar-refractivity contribution in [2.24, 2.45) is 0 Å². The molecular formula is C16H14F3NO2. The molecule has 0 spiro atoms. The van der Waals surface area contributed by atoms with Gasteiger partial charge in [0.05, 0.1) is 5.56 Å². The number of rotatable bonds is 3. The monoisotopic (exact) mass is 309 g/mol. The number of hydrogen-bond acceptors (Lipinski definition) is 2. The molecule has 6 heteroatoms. The third-order valence-corrected chi connectivity index (χ3v) is 3.04. The van der Waals surface area contributed by atoms with Crippen LogP contribution in [0.5, 0.6) is 5.75 Å². The Morgan fingerprint density at radius 1 is 1.14 bits per heavy atom. The summed E-state index contributed by atoms with van der Waals surface area (Å²) in [6.45, 7) is 2.22. The zero-order valence-corrected chi connectivity index (χ0v) is 11.7. The van der Waals surface area contributed by atoms with Gasteiger partial charge in [-0.2, -0.15) is 13.2 Å². The second-order valence-corrected chi connectivity index (χ2v) is 4.71. The van der Waals surface area contributed by atoms with Crippen LogP contribution >= 0.6 is 0 Å². The lowest BCUT2D eigenvalue weighted by atomic mass is 10.00. The van der Waals surface area contributed by atoms with Gasteiger partial charge in [-0.25, -0.2) is 0 Å². The average Bonchev–Trinajstić information content (AvgIpc) is 2.46. The molecule has 116 valence electrons. The Morgan fingerprint density at radius 3 is 2.50 bits per heavy atom. The van der Waals surface area contributed by atoms with Gasteiger partial charge in [-0.3, -0.25) is 4.79 Å². The molecule has 22 heavy (non-hydrogen) atoms. The Morgan fingerprint density at radius 2 is 1.86 bits per heavy atom. The van der Waals surface area contributed by atoms with E-state index in [0.29, 0.717) is 23.7 Å². The fourth-order valence-corrected chi connectivity index (χ4v) is 2.04. The third kappa shape index (κ3) is 3.58. The van der Waals surface area contributed by atoms with Crippen molar-refractivity contribution in [1.29, 1.82) is 0 Å². The summed E-state index contributed by atoms with van der Waals surface area (Å²) in [5, 5.41) is 12.1. The Kier molecular flexibility index (Phi) is 4.40. The Hall–Kier alpha value is -2.50. The van der Waals surface area contributed by atoms with Crippen LogP contribution in [0, 0.1) is 0 Å². The smallest absolute Gasteiger partial charge is 0.416 e. The molecule has 0 aromatic heterocycles. The highest BCUT2D eigenvalue weighted by Gasteiger charge is 2.31. The molecule has 1 amide bonds. The largest absolute Gasteiger partial charge is 0.508 e. The van der Waals surface area contributed by atoms with Gasteiger partial charge in [-0.1, -0.05) is 12.1 Å². The van der Waals surface area contributed by atoms with Crippen LogP contribution in [0.1, 0.15) is 22.8 Å². The Bertz CT molecular complexity index is 696. The lowest BCUT2D eigenvalue weighted by Gasteiger charge is -2.11. The molecule has 0 fully saturated rings. The highest BCUT2D eigenvalue weighted by molar-refractivity contribution is 5.95. The summed E-state index contributed by atoms with van der Waals surface area (Å²) in [7, 11) is 0. The maximum absolute atomic E-state index is 12.8. The van der Waals surface area contributed by atoms with Crippen LogP contribution in [0.25, 0.3) is 11.1 Å². The molecule has 0 bridgehead atoms. The van der Waals surface area contributed by atoms with E-state index in [9.17, 15) is 23.1 Å². The standard InChI is InChI=1S/C16H14F3NO2/c1-2-20-15(22)11-5-3-4-10(6-11)12-7-13(16(17,18)19)9-14(21)8-12/h3-9,21H,2H2,1H3,(H,20,22). The lowest BCUT2D eigenvalue weighted by molar-refractivity contribution is -0.137. The van der Waals surface area contributed by atoms with Gasteiger partial charge >= 0.3 is 6.18 Å². The van der Waals surface area contributed by atoms with Crippen LogP contribution in [0.2, 0.25) is 0 Å². The van der Waals surface area contributed by atoms with Gasteiger partial charge in [0.2, 0.25) is 0 Å². The van der Waals surface area contributed by atoms with Crippen molar-refractivity contribution >= 4 is 5.91 Å².